The highest BCUT2D eigenvalue weighted by Crippen LogP contribution is 2.18. The van der Waals surface area contributed by atoms with Crippen molar-refractivity contribution in [3.05, 3.63) is 59.9 Å². The van der Waals surface area contributed by atoms with Crippen LogP contribution < -0.4 is 10.1 Å². The number of aliphatic hydroxyl groups excluding tert-OH is 1. The first-order valence-electron chi connectivity index (χ1n) is 9.51. The number of carbonyl (C=O) groups excluding carboxylic acids is 1. The summed E-state index contributed by atoms with van der Waals surface area (Å²) >= 11 is 0. The topological polar surface area (TPSA) is 74.7 Å². The smallest absolute Gasteiger partial charge is 0.252 e. The van der Waals surface area contributed by atoms with E-state index in [-0.39, 0.29) is 12.0 Å². The Morgan fingerprint density at radius 3 is 2.89 bits per heavy atom. The van der Waals surface area contributed by atoms with Crippen LogP contribution in [0.1, 0.15) is 35.2 Å². The Hall–Kier alpha value is -2.44. The lowest BCUT2D eigenvalue weighted by molar-refractivity contribution is 0.0792. The molecule has 6 nitrogen and oxygen atoms in total. The van der Waals surface area contributed by atoms with Crippen LogP contribution in [0.4, 0.5) is 0 Å². The average Bonchev–Trinajstić information content (AvgIpc) is 2.70. The van der Waals surface area contributed by atoms with E-state index in [2.05, 4.69) is 27.3 Å². The van der Waals surface area contributed by atoms with Crippen molar-refractivity contribution in [2.75, 3.05) is 26.2 Å². The van der Waals surface area contributed by atoms with Crippen LogP contribution in [0, 0.1) is 0 Å². The summed E-state index contributed by atoms with van der Waals surface area (Å²) in [5, 5.41) is 12.5. The summed E-state index contributed by atoms with van der Waals surface area (Å²) in [6.07, 6.45) is 5.49. The van der Waals surface area contributed by atoms with Gasteiger partial charge in [-0.15, -0.1) is 0 Å². The molecule has 1 aliphatic rings. The van der Waals surface area contributed by atoms with Crippen molar-refractivity contribution < 1.29 is 14.6 Å². The molecule has 1 saturated heterocycles. The number of hydrogen-bond acceptors (Lipinski definition) is 5. The van der Waals surface area contributed by atoms with Crippen LogP contribution in [0.2, 0.25) is 0 Å². The number of likely N-dealkylation sites (tertiary alicyclic amines) is 1. The zero-order chi connectivity index (χ0) is 18.9. The Morgan fingerprint density at radius 2 is 2.11 bits per heavy atom. The van der Waals surface area contributed by atoms with Crippen LogP contribution in [0.25, 0.3) is 0 Å². The van der Waals surface area contributed by atoms with Crippen LogP contribution in [0.15, 0.2) is 48.8 Å². The molecule has 2 aromatic rings. The van der Waals surface area contributed by atoms with Gasteiger partial charge in [0.05, 0.1) is 18.3 Å². The Kier molecular flexibility index (Phi) is 7.19. The molecule has 1 aliphatic heterocycles. The molecule has 0 radical (unpaired) electrons. The number of nitrogens with one attached hydrogen (secondary N) is 1. The lowest BCUT2D eigenvalue weighted by Gasteiger charge is -2.29. The van der Waals surface area contributed by atoms with E-state index >= 15 is 0 Å². The van der Waals surface area contributed by atoms with Gasteiger partial charge in [0, 0.05) is 38.6 Å². The molecule has 27 heavy (non-hydrogen) atoms. The molecule has 3 rings (SSSR count). The highest BCUT2D eigenvalue weighted by Gasteiger charge is 2.16. The van der Waals surface area contributed by atoms with E-state index in [1.54, 1.807) is 24.5 Å². The van der Waals surface area contributed by atoms with E-state index in [4.69, 9.17) is 4.74 Å². The monoisotopic (exact) mass is 369 g/mol. The molecule has 0 atom stereocenters. The Balaban J connectivity index is 1.36. The van der Waals surface area contributed by atoms with Crippen molar-refractivity contribution in [1.82, 2.24) is 15.2 Å². The minimum Gasteiger partial charge on any atom is -0.494 e. The van der Waals surface area contributed by atoms with E-state index in [0.717, 1.165) is 44.6 Å². The molecule has 2 N–H and O–H groups in total. The Morgan fingerprint density at radius 1 is 1.26 bits per heavy atom. The third kappa shape index (κ3) is 6.34. The molecule has 1 aromatic heterocycles. The minimum atomic E-state index is -0.144. The standard InChI is InChI=1S/C21H27N3O3/c25-19-7-11-24(12-8-19)16-17-4-1-6-20(14-17)27-13-3-10-23-21(26)18-5-2-9-22-15-18/h1-2,4-6,9,14-15,19,25H,3,7-8,10-13,16H2,(H,23,26). The lowest BCUT2D eigenvalue weighted by atomic mass is 10.1. The second kappa shape index (κ2) is 10.0. The summed E-state index contributed by atoms with van der Waals surface area (Å²) in [5.74, 6) is 0.736. The van der Waals surface area contributed by atoms with Crippen LogP contribution in [0.3, 0.4) is 0 Å². The van der Waals surface area contributed by atoms with Crippen molar-refractivity contribution >= 4 is 5.91 Å². The van der Waals surface area contributed by atoms with Crippen molar-refractivity contribution in [3.8, 4) is 5.75 Å². The summed E-state index contributed by atoms with van der Waals surface area (Å²) in [5.41, 5.74) is 1.78. The van der Waals surface area contributed by atoms with Gasteiger partial charge in [-0.3, -0.25) is 14.7 Å². The Labute approximate surface area is 160 Å². The van der Waals surface area contributed by atoms with Gasteiger partial charge in [0.2, 0.25) is 0 Å². The van der Waals surface area contributed by atoms with E-state index in [9.17, 15) is 9.90 Å². The molecule has 0 saturated carbocycles. The van der Waals surface area contributed by atoms with E-state index < -0.39 is 0 Å². The number of aromatic nitrogens is 1. The molecular weight excluding hydrogens is 342 g/mol. The van der Waals surface area contributed by atoms with Gasteiger partial charge in [-0.2, -0.15) is 0 Å². The van der Waals surface area contributed by atoms with Gasteiger partial charge in [0.1, 0.15) is 5.75 Å². The third-order valence-electron chi connectivity index (χ3n) is 4.66. The number of ether oxygens (including phenoxy) is 1. The number of carbonyl (C=O) groups is 1. The second-order valence-corrected chi connectivity index (χ2v) is 6.85. The summed E-state index contributed by atoms with van der Waals surface area (Å²) in [7, 11) is 0. The highest BCUT2D eigenvalue weighted by atomic mass is 16.5. The van der Waals surface area contributed by atoms with Crippen LogP contribution in [-0.4, -0.2) is 53.2 Å². The van der Waals surface area contributed by atoms with Crippen LogP contribution >= 0.6 is 0 Å². The van der Waals surface area contributed by atoms with Gasteiger partial charge in [-0.25, -0.2) is 0 Å². The first-order chi connectivity index (χ1) is 13.2. The fraction of sp³-hybridized carbons (Fsp3) is 0.429. The quantitative estimate of drug-likeness (QED) is 0.698. The number of aliphatic hydroxyl groups is 1. The number of hydrogen-bond donors (Lipinski definition) is 2. The van der Waals surface area contributed by atoms with Gasteiger partial charge in [-0.1, -0.05) is 12.1 Å². The highest BCUT2D eigenvalue weighted by molar-refractivity contribution is 5.93. The van der Waals surface area contributed by atoms with E-state index in [1.165, 1.54) is 5.56 Å². The summed E-state index contributed by atoms with van der Waals surface area (Å²) in [6, 6.07) is 11.6. The second-order valence-electron chi connectivity index (χ2n) is 6.85. The maximum atomic E-state index is 11.9. The third-order valence-corrected chi connectivity index (χ3v) is 4.66. The van der Waals surface area contributed by atoms with Crippen molar-refractivity contribution in [2.45, 2.75) is 31.9 Å². The maximum Gasteiger partial charge on any atom is 0.252 e. The molecule has 1 aromatic carbocycles. The normalized spacial score (nSPS) is 15.4. The molecule has 144 valence electrons. The van der Waals surface area contributed by atoms with Gasteiger partial charge >= 0.3 is 0 Å². The molecule has 0 aliphatic carbocycles. The zero-order valence-electron chi connectivity index (χ0n) is 15.5. The van der Waals surface area contributed by atoms with E-state index in [1.807, 2.05) is 12.1 Å². The number of amides is 1. The van der Waals surface area contributed by atoms with Gasteiger partial charge in [0.25, 0.3) is 5.91 Å². The zero-order valence-corrected chi connectivity index (χ0v) is 15.5. The molecule has 0 spiro atoms. The van der Waals surface area contributed by atoms with Gasteiger partial charge in [-0.05, 0) is 49.1 Å². The predicted octanol–water partition coefficient (Wildman–Crippen LogP) is 2.24. The number of benzene rings is 1. The predicted molar refractivity (Wildman–Crippen MR) is 104 cm³/mol. The van der Waals surface area contributed by atoms with Crippen LogP contribution in [0.5, 0.6) is 5.75 Å². The van der Waals surface area contributed by atoms with E-state index in [0.29, 0.717) is 18.7 Å². The molecule has 1 fully saturated rings. The van der Waals surface area contributed by atoms with Crippen molar-refractivity contribution in [2.24, 2.45) is 0 Å². The minimum absolute atomic E-state index is 0.114. The fourth-order valence-electron chi connectivity index (χ4n) is 3.13. The lowest BCUT2D eigenvalue weighted by Crippen LogP contribution is -2.35. The maximum absolute atomic E-state index is 11.9. The molecule has 0 unspecified atom stereocenters. The van der Waals surface area contributed by atoms with Crippen LogP contribution in [-0.2, 0) is 6.54 Å². The largest absolute Gasteiger partial charge is 0.494 e. The van der Waals surface area contributed by atoms with Gasteiger partial charge in [0.15, 0.2) is 0 Å². The van der Waals surface area contributed by atoms with Gasteiger partial charge < -0.3 is 15.2 Å². The van der Waals surface area contributed by atoms with Crippen molar-refractivity contribution in [1.29, 1.82) is 0 Å². The number of rotatable bonds is 8. The first kappa shape index (κ1) is 19.3. The molecular formula is C21H27N3O3. The first-order valence-corrected chi connectivity index (χ1v) is 9.51. The SMILES string of the molecule is O=C(NCCCOc1cccc(CN2CCC(O)CC2)c1)c1cccnc1. The molecule has 2 heterocycles. The Bertz CT molecular complexity index is 716. The number of piperidine rings is 1. The summed E-state index contributed by atoms with van der Waals surface area (Å²) in [6.45, 7) is 3.85. The number of pyridine rings is 1. The molecule has 6 heteroatoms. The fourth-order valence-corrected chi connectivity index (χ4v) is 3.13. The average molecular weight is 369 g/mol. The molecule has 1 amide bonds. The van der Waals surface area contributed by atoms with Crippen molar-refractivity contribution in [3.63, 3.8) is 0 Å². The molecule has 0 bridgehead atoms. The summed E-state index contributed by atoms with van der Waals surface area (Å²) < 4.78 is 5.82. The summed E-state index contributed by atoms with van der Waals surface area (Å²) in [4.78, 5) is 18.2. The number of nitrogens with zero attached hydrogens (tertiary/aromatic N) is 2.